The Bertz CT molecular complexity index is 555. The predicted octanol–water partition coefficient (Wildman–Crippen LogP) is 2.62. The maximum Gasteiger partial charge on any atom is 0.221 e. The number of ether oxygens (including phenoxy) is 2. The van der Waals surface area contributed by atoms with Crippen LogP contribution in [0.25, 0.3) is 0 Å². The van der Waals surface area contributed by atoms with Gasteiger partial charge < -0.3 is 14.8 Å². The third kappa shape index (κ3) is 3.91. The summed E-state index contributed by atoms with van der Waals surface area (Å²) in [5.41, 5.74) is 2.06. The van der Waals surface area contributed by atoms with Crippen LogP contribution >= 0.6 is 0 Å². The van der Waals surface area contributed by atoms with Gasteiger partial charge in [-0.25, -0.2) is 0 Å². The number of hydrogen-bond donors (Lipinski definition) is 1. The lowest BCUT2D eigenvalue weighted by molar-refractivity contribution is -0.192. The molecule has 0 radical (unpaired) electrons. The SMILES string of the molecule is CC(=O)Nc1ccccc1CN1CCCC(C2(C)OCCO2)C1. The number of amides is 1. The summed E-state index contributed by atoms with van der Waals surface area (Å²) in [5.74, 6) is -0.0727. The van der Waals surface area contributed by atoms with Crippen LogP contribution in [0.4, 0.5) is 5.69 Å². The summed E-state index contributed by atoms with van der Waals surface area (Å²) < 4.78 is 11.7. The van der Waals surface area contributed by atoms with Crippen molar-refractivity contribution in [1.82, 2.24) is 4.90 Å². The van der Waals surface area contributed by atoms with Crippen molar-refractivity contribution < 1.29 is 14.3 Å². The Morgan fingerprint density at radius 1 is 1.35 bits per heavy atom. The molecule has 126 valence electrons. The van der Waals surface area contributed by atoms with Gasteiger partial charge in [-0.3, -0.25) is 9.69 Å². The number of anilines is 1. The van der Waals surface area contributed by atoms with E-state index in [1.807, 2.05) is 18.2 Å². The fourth-order valence-corrected chi connectivity index (χ4v) is 3.60. The molecule has 2 fully saturated rings. The van der Waals surface area contributed by atoms with E-state index in [0.29, 0.717) is 19.1 Å². The molecule has 0 aliphatic carbocycles. The van der Waals surface area contributed by atoms with Gasteiger partial charge in [-0.15, -0.1) is 0 Å². The minimum absolute atomic E-state index is 0.0331. The monoisotopic (exact) mass is 318 g/mol. The highest BCUT2D eigenvalue weighted by atomic mass is 16.7. The summed E-state index contributed by atoms with van der Waals surface area (Å²) in [4.78, 5) is 13.8. The first-order valence-corrected chi connectivity index (χ1v) is 8.42. The van der Waals surface area contributed by atoms with Gasteiger partial charge in [0.1, 0.15) is 0 Å². The normalized spacial score (nSPS) is 24.5. The van der Waals surface area contributed by atoms with E-state index in [1.165, 1.54) is 0 Å². The highest BCUT2D eigenvalue weighted by molar-refractivity contribution is 5.89. The van der Waals surface area contributed by atoms with E-state index in [-0.39, 0.29) is 5.91 Å². The maximum atomic E-state index is 11.4. The lowest BCUT2D eigenvalue weighted by Gasteiger charge is -2.40. The minimum atomic E-state index is -0.435. The van der Waals surface area contributed by atoms with Crippen molar-refractivity contribution in [2.24, 2.45) is 5.92 Å². The lowest BCUT2D eigenvalue weighted by Crippen LogP contribution is -2.46. The van der Waals surface area contributed by atoms with Crippen molar-refractivity contribution in [3.63, 3.8) is 0 Å². The topological polar surface area (TPSA) is 50.8 Å². The number of benzene rings is 1. The molecule has 3 rings (SSSR count). The van der Waals surface area contributed by atoms with E-state index in [0.717, 1.165) is 43.7 Å². The second kappa shape index (κ2) is 6.99. The molecular formula is C18H26N2O3. The van der Waals surface area contributed by atoms with E-state index in [9.17, 15) is 4.79 Å². The molecular weight excluding hydrogens is 292 g/mol. The molecule has 1 amide bonds. The molecule has 0 spiro atoms. The van der Waals surface area contributed by atoms with Gasteiger partial charge in [-0.2, -0.15) is 0 Å². The van der Waals surface area contributed by atoms with E-state index >= 15 is 0 Å². The molecule has 0 saturated carbocycles. The Morgan fingerprint density at radius 3 is 2.83 bits per heavy atom. The van der Waals surface area contributed by atoms with Gasteiger partial charge in [-0.1, -0.05) is 18.2 Å². The van der Waals surface area contributed by atoms with Gasteiger partial charge in [0, 0.05) is 31.6 Å². The van der Waals surface area contributed by atoms with E-state index in [1.54, 1.807) is 6.92 Å². The Balaban J connectivity index is 1.67. The molecule has 0 aromatic heterocycles. The van der Waals surface area contributed by atoms with Crippen molar-refractivity contribution in [3.8, 4) is 0 Å². The Labute approximate surface area is 137 Å². The largest absolute Gasteiger partial charge is 0.347 e. The van der Waals surface area contributed by atoms with Crippen LogP contribution in [-0.2, 0) is 20.8 Å². The molecule has 5 heteroatoms. The summed E-state index contributed by atoms with van der Waals surface area (Å²) in [6, 6.07) is 8.02. The van der Waals surface area contributed by atoms with Gasteiger partial charge in [0.15, 0.2) is 5.79 Å². The van der Waals surface area contributed by atoms with Crippen molar-refractivity contribution >= 4 is 11.6 Å². The molecule has 2 aliphatic rings. The summed E-state index contributed by atoms with van der Waals surface area (Å²) in [7, 11) is 0. The first-order chi connectivity index (χ1) is 11.1. The smallest absolute Gasteiger partial charge is 0.221 e. The Kier molecular flexibility index (Phi) is 4.99. The zero-order chi connectivity index (χ0) is 16.3. The number of rotatable bonds is 4. The average Bonchev–Trinajstić information content (AvgIpc) is 2.97. The van der Waals surface area contributed by atoms with Crippen molar-refractivity contribution in [1.29, 1.82) is 0 Å². The average molecular weight is 318 g/mol. The predicted molar refractivity (Wildman–Crippen MR) is 89.1 cm³/mol. The van der Waals surface area contributed by atoms with Crippen LogP contribution in [0.5, 0.6) is 0 Å². The number of nitrogens with zero attached hydrogens (tertiary/aromatic N) is 1. The van der Waals surface area contributed by atoms with Crippen molar-refractivity contribution in [2.75, 3.05) is 31.6 Å². The molecule has 5 nitrogen and oxygen atoms in total. The van der Waals surface area contributed by atoms with E-state index < -0.39 is 5.79 Å². The second-order valence-electron chi connectivity index (χ2n) is 6.63. The van der Waals surface area contributed by atoms with Crippen LogP contribution in [0.1, 0.15) is 32.3 Å². The highest BCUT2D eigenvalue weighted by Gasteiger charge is 2.41. The number of para-hydroxylation sites is 1. The number of piperidine rings is 1. The van der Waals surface area contributed by atoms with Crippen LogP contribution in [0.15, 0.2) is 24.3 Å². The van der Waals surface area contributed by atoms with Crippen LogP contribution in [0.3, 0.4) is 0 Å². The minimum Gasteiger partial charge on any atom is -0.347 e. The second-order valence-corrected chi connectivity index (χ2v) is 6.63. The summed E-state index contributed by atoms with van der Waals surface area (Å²) in [6.45, 7) is 7.87. The first-order valence-electron chi connectivity index (χ1n) is 8.42. The number of hydrogen-bond acceptors (Lipinski definition) is 4. The van der Waals surface area contributed by atoms with Crippen molar-refractivity contribution in [3.05, 3.63) is 29.8 Å². The van der Waals surface area contributed by atoms with Crippen LogP contribution < -0.4 is 5.32 Å². The van der Waals surface area contributed by atoms with E-state index in [4.69, 9.17) is 9.47 Å². The molecule has 1 N–H and O–H groups in total. The Morgan fingerprint density at radius 2 is 2.09 bits per heavy atom. The van der Waals surface area contributed by atoms with E-state index in [2.05, 4.69) is 23.2 Å². The summed E-state index contributed by atoms with van der Waals surface area (Å²) >= 11 is 0. The molecule has 1 aromatic carbocycles. The summed E-state index contributed by atoms with van der Waals surface area (Å²) in [5, 5.41) is 2.92. The van der Waals surface area contributed by atoms with Gasteiger partial charge in [0.05, 0.1) is 13.2 Å². The highest BCUT2D eigenvalue weighted by Crippen LogP contribution is 2.34. The van der Waals surface area contributed by atoms with Gasteiger partial charge in [0.2, 0.25) is 5.91 Å². The Hall–Kier alpha value is -1.43. The van der Waals surface area contributed by atoms with Crippen LogP contribution in [0.2, 0.25) is 0 Å². The number of nitrogens with one attached hydrogen (secondary N) is 1. The standard InChI is InChI=1S/C18H26N2O3/c1-14(21)19-17-8-4-3-6-15(17)12-20-9-5-7-16(13-20)18(2)22-10-11-23-18/h3-4,6,8,16H,5,7,9-13H2,1-2H3,(H,19,21). The molecule has 1 atom stereocenters. The fraction of sp³-hybridized carbons (Fsp3) is 0.611. The van der Waals surface area contributed by atoms with Gasteiger partial charge in [-0.05, 0) is 37.9 Å². The maximum absolute atomic E-state index is 11.4. The van der Waals surface area contributed by atoms with Gasteiger partial charge >= 0.3 is 0 Å². The van der Waals surface area contributed by atoms with Crippen molar-refractivity contribution in [2.45, 2.75) is 39.0 Å². The molecule has 1 aromatic rings. The molecule has 1 unspecified atom stereocenters. The van der Waals surface area contributed by atoms with Crippen LogP contribution in [0, 0.1) is 5.92 Å². The third-order valence-corrected chi connectivity index (χ3v) is 4.83. The van der Waals surface area contributed by atoms with Crippen LogP contribution in [-0.4, -0.2) is 42.9 Å². The first kappa shape index (κ1) is 16.4. The molecule has 0 bridgehead atoms. The molecule has 2 saturated heterocycles. The molecule has 2 aliphatic heterocycles. The fourth-order valence-electron chi connectivity index (χ4n) is 3.60. The zero-order valence-corrected chi connectivity index (χ0v) is 14.0. The molecule has 23 heavy (non-hydrogen) atoms. The quantitative estimate of drug-likeness (QED) is 0.927. The molecule has 2 heterocycles. The number of carbonyl (C=O) groups excluding carboxylic acids is 1. The van der Waals surface area contributed by atoms with Gasteiger partial charge in [0.25, 0.3) is 0 Å². The summed E-state index contributed by atoms with van der Waals surface area (Å²) in [6.07, 6.45) is 2.29. The number of carbonyl (C=O) groups is 1. The zero-order valence-electron chi connectivity index (χ0n) is 14.0. The lowest BCUT2D eigenvalue weighted by atomic mass is 9.90. The number of likely N-dealkylation sites (tertiary alicyclic amines) is 1. The third-order valence-electron chi connectivity index (χ3n) is 4.83.